The SMILES string of the molecule is CC(C)C(=O)O[C@H]1[C@H](c2ccc3c(N)ncnn23)O[C@](C#N)(COP(=O)(NC(C)C(=O)OCc2ccccc2)Oc2ccccc2)[C@H]1OC(=O)C(C)C. The molecule has 3 N–H and O–H groups in total. The molecular weight excluding hydrogens is 707 g/mol. The molecule has 5 rings (SSSR count). The van der Waals surface area contributed by atoms with E-state index in [-0.39, 0.29) is 23.9 Å². The number of para-hydroxylation sites is 1. The number of aromatic nitrogens is 3. The molecule has 0 bridgehead atoms. The van der Waals surface area contributed by atoms with Crippen LogP contribution in [-0.2, 0) is 49.0 Å². The molecule has 0 amide bonds. The molecule has 1 aliphatic heterocycles. The Labute approximate surface area is 306 Å². The number of benzene rings is 2. The van der Waals surface area contributed by atoms with Crippen LogP contribution in [0.3, 0.4) is 0 Å². The van der Waals surface area contributed by atoms with Crippen LogP contribution < -0.4 is 15.3 Å². The Morgan fingerprint density at radius 1 is 0.962 bits per heavy atom. The van der Waals surface area contributed by atoms with E-state index in [2.05, 4.69) is 15.2 Å². The van der Waals surface area contributed by atoms with Gasteiger partial charge in [0.25, 0.3) is 0 Å². The van der Waals surface area contributed by atoms with Crippen LogP contribution in [0.25, 0.3) is 5.52 Å². The average molecular weight is 749 g/mol. The number of nitrogens with zero attached hydrogens (tertiary/aromatic N) is 4. The zero-order valence-corrected chi connectivity index (χ0v) is 30.7. The maximum Gasteiger partial charge on any atom is 0.459 e. The van der Waals surface area contributed by atoms with Gasteiger partial charge in [0, 0.05) is 0 Å². The van der Waals surface area contributed by atoms with E-state index in [9.17, 15) is 24.2 Å². The molecule has 280 valence electrons. The van der Waals surface area contributed by atoms with Gasteiger partial charge in [0.2, 0.25) is 5.60 Å². The first-order chi connectivity index (χ1) is 25.3. The van der Waals surface area contributed by atoms with E-state index in [1.54, 1.807) is 82.3 Å². The molecule has 6 atom stereocenters. The molecule has 16 nitrogen and oxygen atoms in total. The molecule has 2 unspecified atom stereocenters. The summed E-state index contributed by atoms with van der Waals surface area (Å²) in [4.78, 5) is 43.4. The van der Waals surface area contributed by atoms with Gasteiger partial charge in [-0.1, -0.05) is 76.2 Å². The maximum absolute atomic E-state index is 14.5. The summed E-state index contributed by atoms with van der Waals surface area (Å²) >= 11 is 0. The lowest BCUT2D eigenvalue weighted by Crippen LogP contribution is -2.50. The number of nitrogens with one attached hydrogen (secondary N) is 1. The van der Waals surface area contributed by atoms with Gasteiger partial charge < -0.3 is 29.2 Å². The predicted molar refractivity (Wildman–Crippen MR) is 188 cm³/mol. The summed E-state index contributed by atoms with van der Waals surface area (Å²) in [5.41, 5.74) is 5.20. The molecule has 1 aliphatic rings. The lowest BCUT2D eigenvalue weighted by molar-refractivity contribution is -0.173. The van der Waals surface area contributed by atoms with Crippen molar-refractivity contribution in [3.05, 3.63) is 90.4 Å². The van der Waals surface area contributed by atoms with Gasteiger partial charge in [0.1, 0.15) is 49.0 Å². The number of carbonyl (C=O) groups is 3. The maximum atomic E-state index is 14.5. The minimum atomic E-state index is -4.60. The molecule has 0 saturated carbocycles. The quantitative estimate of drug-likeness (QED) is 0.0957. The highest BCUT2D eigenvalue weighted by Crippen LogP contribution is 2.50. The highest BCUT2D eigenvalue weighted by molar-refractivity contribution is 7.52. The van der Waals surface area contributed by atoms with E-state index in [1.165, 1.54) is 29.9 Å². The van der Waals surface area contributed by atoms with Crippen LogP contribution in [0.1, 0.15) is 52.0 Å². The number of nitrogen functional groups attached to an aromatic ring is 1. The number of nitrogens with two attached hydrogens (primary N) is 1. The van der Waals surface area contributed by atoms with Crippen molar-refractivity contribution in [3.63, 3.8) is 0 Å². The molecule has 4 aromatic rings. The van der Waals surface area contributed by atoms with Crippen molar-refractivity contribution in [2.24, 2.45) is 11.8 Å². The molecule has 0 spiro atoms. The van der Waals surface area contributed by atoms with E-state index in [0.717, 1.165) is 5.56 Å². The smallest absolute Gasteiger partial charge is 0.459 e. The summed E-state index contributed by atoms with van der Waals surface area (Å²) in [5.74, 6) is -3.25. The molecule has 1 fully saturated rings. The van der Waals surface area contributed by atoms with Gasteiger partial charge in [0.15, 0.2) is 18.0 Å². The molecular formula is C36H41N6O10P. The molecule has 3 heterocycles. The Kier molecular flexibility index (Phi) is 12.2. The number of rotatable bonds is 15. The lowest BCUT2D eigenvalue weighted by Gasteiger charge is -2.31. The van der Waals surface area contributed by atoms with E-state index in [0.29, 0.717) is 5.52 Å². The second-order valence-corrected chi connectivity index (χ2v) is 14.6. The third-order valence-corrected chi connectivity index (χ3v) is 9.79. The van der Waals surface area contributed by atoms with Gasteiger partial charge in [-0.2, -0.15) is 15.4 Å². The molecule has 2 aromatic carbocycles. The minimum absolute atomic E-state index is 0.0481. The van der Waals surface area contributed by atoms with Crippen molar-refractivity contribution >= 4 is 37.0 Å². The number of carbonyl (C=O) groups excluding carboxylic acids is 3. The molecule has 1 saturated heterocycles. The monoisotopic (exact) mass is 748 g/mol. The van der Waals surface area contributed by atoms with Crippen LogP contribution in [0.15, 0.2) is 79.1 Å². The highest BCUT2D eigenvalue weighted by atomic mass is 31.2. The van der Waals surface area contributed by atoms with Gasteiger partial charge in [-0.3, -0.25) is 18.9 Å². The van der Waals surface area contributed by atoms with Crippen molar-refractivity contribution < 1.29 is 46.9 Å². The van der Waals surface area contributed by atoms with Crippen molar-refractivity contribution in [3.8, 4) is 11.8 Å². The number of hydrogen-bond acceptors (Lipinski definition) is 14. The van der Waals surface area contributed by atoms with Gasteiger partial charge in [-0.05, 0) is 36.8 Å². The zero-order chi connectivity index (χ0) is 38.3. The highest BCUT2D eigenvalue weighted by Gasteiger charge is 2.62. The van der Waals surface area contributed by atoms with Crippen LogP contribution in [0.2, 0.25) is 0 Å². The summed E-state index contributed by atoms with van der Waals surface area (Å²) in [6.45, 7) is 6.87. The summed E-state index contributed by atoms with van der Waals surface area (Å²) in [6, 6.07) is 21.0. The van der Waals surface area contributed by atoms with E-state index in [1.807, 2.05) is 12.1 Å². The van der Waals surface area contributed by atoms with E-state index >= 15 is 0 Å². The predicted octanol–water partition coefficient (Wildman–Crippen LogP) is 4.71. The molecule has 53 heavy (non-hydrogen) atoms. The molecule has 0 radical (unpaired) electrons. The zero-order valence-electron chi connectivity index (χ0n) is 29.8. The Balaban J connectivity index is 1.51. The Hall–Kier alpha value is -5.33. The number of esters is 3. The Morgan fingerprint density at radius 2 is 1.60 bits per heavy atom. The normalized spacial score (nSPS) is 21.4. The summed E-state index contributed by atoms with van der Waals surface area (Å²) in [7, 11) is -4.60. The molecule has 0 aliphatic carbocycles. The van der Waals surface area contributed by atoms with Crippen LogP contribution in [0.4, 0.5) is 5.82 Å². The third kappa shape index (κ3) is 9.01. The van der Waals surface area contributed by atoms with Crippen molar-refractivity contribution in [2.75, 3.05) is 12.3 Å². The van der Waals surface area contributed by atoms with Gasteiger partial charge in [-0.15, -0.1) is 0 Å². The standard InChI is InChI=1S/C36H41N6O10P/c1-22(2)33(43)49-30-29(27-16-17-28-32(38)39-21-40-42(27)28)51-36(19-37,31(30)50-34(44)23(3)4)20-48-53(46,52-26-14-10-7-11-15-26)41-24(5)35(45)47-18-25-12-8-6-9-13-25/h6-17,21-24,29-31H,18,20H2,1-5H3,(H,41,46)(H2,38,39,40)/t24?,29-,30-,31-,36+,53?/m0/s1. The van der Waals surface area contributed by atoms with Gasteiger partial charge in [0.05, 0.1) is 17.5 Å². The van der Waals surface area contributed by atoms with Crippen molar-refractivity contribution in [1.82, 2.24) is 19.7 Å². The van der Waals surface area contributed by atoms with Crippen LogP contribution >= 0.6 is 7.75 Å². The molecule has 17 heteroatoms. The number of ether oxygens (including phenoxy) is 4. The second kappa shape index (κ2) is 16.6. The van der Waals surface area contributed by atoms with E-state index in [4.69, 9.17) is 33.7 Å². The minimum Gasteiger partial charge on any atom is -0.460 e. The van der Waals surface area contributed by atoms with Crippen LogP contribution in [-0.4, -0.2) is 63.0 Å². The number of nitriles is 1. The van der Waals surface area contributed by atoms with Crippen LogP contribution in [0, 0.1) is 23.2 Å². The summed E-state index contributed by atoms with van der Waals surface area (Å²) in [6.07, 6.45) is -3.14. The molecule has 2 aromatic heterocycles. The largest absolute Gasteiger partial charge is 0.460 e. The fourth-order valence-electron chi connectivity index (χ4n) is 5.29. The third-order valence-electron chi connectivity index (χ3n) is 8.17. The summed E-state index contributed by atoms with van der Waals surface area (Å²) in [5, 5.41) is 17.7. The number of hydrogen-bond donors (Lipinski definition) is 2. The first-order valence-electron chi connectivity index (χ1n) is 16.8. The first-order valence-corrected chi connectivity index (χ1v) is 18.4. The Bertz CT molecular complexity index is 2000. The Morgan fingerprint density at radius 3 is 2.25 bits per heavy atom. The fraction of sp³-hybridized carbons (Fsp3) is 0.389. The second-order valence-electron chi connectivity index (χ2n) is 12.9. The fourth-order valence-corrected chi connectivity index (χ4v) is 6.81. The van der Waals surface area contributed by atoms with Crippen molar-refractivity contribution in [1.29, 1.82) is 5.26 Å². The van der Waals surface area contributed by atoms with Gasteiger partial charge in [-0.25, -0.2) is 14.1 Å². The lowest BCUT2D eigenvalue weighted by atomic mass is 9.95. The van der Waals surface area contributed by atoms with Crippen LogP contribution in [0.5, 0.6) is 5.75 Å². The topological polar surface area (TPSA) is 216 Å². The average Bonchev–Trinajstić information content (AvgIpc) is 3.70. The first kappa shape index (κ1) is 38.9. The number of fused-ring (bicyclic) bond motifs is 1. The van der Waals surface area contributed by atoms with E-state index < -0.39 is 74.1 Å². The summed E-state index contributed by atoms with van der Waals surface area (Å²) < 4.78 is 51.3. The van der Waals surface area contributed by atoms with Crippen molar-refractivity contribution in [2.45, 2.75) is 71.2 Å². The van der Waals surface area contributed by atoms with Gasteiger partial charge >= 0.3 is 25.7 Å². The number of anilines is 1.